The van der Waals surface area contributed by atoms with Gasteiger partial charge in [0.1, 0.15) is 0 Å². The molecule has 0 nitrogen and oxygen atoms in total. The molecule has 0 aromatic carbocycles. The summed E-state index contributed by atoms with van der Waals surface area (Å²) in [6.07, 6.45) is -1.12. The van der Waals surface area contributed by atoms with Gasteiger partial charge in [-0.3, -0.25) is 0 Å². The summed E-state index contributed by atoms with van der Waals surface area (Å²) in [6.45, 7) is 3.41. The highest BCUT2D eigenvalue weighted by Gasteiger charge is 2.65. The Morgan fingerprint density at radius 3 is 2.08 bits per heavy atom. The lowest BCUT2D eigenvalue weighted by Gasteiger charge is -2.37. The standard InChI is InChI=1S/C10H15F3/c1-8-4-3-7(5-8)9(2,6-8)10(11,12)13/h7H,3-6H2,1-2H3. The van der Waals surface area contributed by atoms with Crippen molar-refractivity contribution in [1.29, 1.82) is 0 Å². The Labute approximate surface area is 76.5 Å². The Morgan fingerprint density at radius 1 is 1.23 bits per heavy atom. The number of rotatable bonds is 0. The van der Waals surface area contributed by atoms with Gasteiger partial charge in [-0.1, -0.05) is 13.8 Å². The van der Waals surface area contributed by atoms with E-state index >= 15 is 0 Å². The van der Waals surface area contributed by atoms with Crippen molar-refractivity contribution in [2.75, 3.05) is 0 Å². The smallest absolute Gasteiger partial charge is 0.171 e. The number of hydrogen-bond donors (Lipinski definition) is 0. The Hall–Kier alpha value is -0.210. The molecule has 0 heterocycles. The van der Waals surface area contributed by atoms with Gasteiger partial charge in [0.15, 0.2) is 0 Å². The molecule has 0 aromatic rings. The maximum atomic E-state index is 12.8. The maximum Gasteiger partial charge on any atom is 0.394 e. The van der Waals surface area contributed by atoms with Gasteiger partial charge in [0.25, 0.3) is 0 Å². The molecule has 2 bridgehead atoms. The maximum absolute atomic E-state index is 12.8. The zero-order chi connectivity index (χ0) is 9.91. The highest BCUT2D eigenvalue weighted by Crippen LogP contribution is 2.67. The molecule has 76 valence electrons. The van der Waals surface area contributed by atoms with E-state index in [9.17, 15) is 13.2 Å². The molecular formula is C10H15F3. The van der Waals surface area contributed by atoms with Gasteiger partial charge in [-0.25, -0.2) is 0 Å². The molecule has 2 rings (SSSR count). The molecule has 2 saturated carbocycles. The van der Waals surface area contributed by atoms with Crippen LogP contribution in [0.4, 0.5) is 13.2 Å². The fourth-order valence-electron chi connectivity index (χ4n) is 3.39. The summed E-state index contributed by atoms with van der Waals surface area (Å²) in [5.74, 6) is -0.113. The first-order valence-corrected chi connectivity index (χ1v) is 4.84. The van der Waals surface area contributed by atoms with Crippen molar-refractivity contribution in [2.45, 2.75) is 45.7 Å². The fourth-order valence-corrected chi connectivity index (χ4v) is 3.39. The van der Waals surface area contributed by atoms with Gasteiger partial charge < -0.3 is 0 Å². The second-order valence-electron chi connectivity index (χ2n) is 5.34. The van der Waals surface area contributed by atoms with E-state index in [1.165, 1.54) is 6.92 Å². The summed E-state index contributed by atoms with van der Waals surface area (Å²) < 4.78 is 38.3. The molecular weight excluding hydrogens is 177 g/mol. The van der Waals surface area contributed by atoms with Crippen LogP contribution in [0.5, 0.6) is 0 Å². The SMILES string of the molecule is CC12CCC(C1)C(C)(C(F)(F)F)C2. The average Bonchev–Trinajstić information content (AvgIpc) is 2.38. The number of halogens is 3. The van der Waals surface area contributed by atoms with Crippen LogP contribution in [-0.2, 0) is 0 Å². The van der Waals surface area contributed by atoms with Gasteiger partial charge >= 0.3 is 6.18 Å². The van der Waals surface area contributed by atoms with Crippen molar-refractivity contribution >= 4 is 0 Å². The van der Waals surface area contributed by atoms with Crippen LogP contribution >= 0.6 is 0 Å². The zero-order valence-corrected chi connectivity index (χ0v) is 8.04. The topological polar surface area (TPSA) is 0 Å². The third-order valence-corrected chi connectivity index (χ3v) is 4.18. The largest absolute Gasteiger partial charge is 0.394 e. The summed E-state index contributed by atoms with van der Waals surface area (Å²) in [5, 5.41) is 0. The minimum Gasteiger partial charge on any atom is -0.171 e. The van der Waals surface area contributed by atoms with Crippen molar-refractivity contribution < 1.29 is 13.2 Å². The van der Waals surface area contributed by atoms with E-state index in [2.05, 4.69) is 0 Å². The Kier molecular flexibility index (Phi) is 1.61. The first-order chi connectivity index (χ1) is 5.77. The highest BCUT2D eigenvalue weighted by molar-refractivity contribution is 5.06. The Bertz CT molecular complexity index is 233. The normalized spacial score (nSPS) is 50.1. The lowest BCUT2D eigenvalue weighted by Crippen LogP contribution is -2.40. The molecule has 3 heteroatoms. The quantitative estimate of drug-likeness (QED) is 0.548. The molecule has 0 aromatic heterocycles. The fraction of sp³-hybridized carbons (Fsp3) is 1.00. The third-order valence-electron chi connectivity index (χ3n) is 4.18. The van der Waals surface area contributed by atoms with Crippen molar-refractivity contribution in [1.82, 2.24) is 0 Å². The lowest BCUT2D eigenvalue weighted by molar-refractivity contribution is -0.236. The van der Waals surface area contributed by atoms with Crippen molar-refractivity contribution in [3.63, 3.8) is 0 Å². The minimum absolute atomic E-state index is 0.0189. The average molecular weight is 192 g/mol. The first-order valence-electron chi connectivity index (χ1n) is 4.84. The molecule has 3 unspecified atom stereocenters. The van der Waals surface area contributed by atoms with Crippen molar-refractivity contribution in [2.24, 2.45) is 16.7 Å². The van der Waals surface area contributed by atoms with Crippen LogP contribution in [0.2, 0.25) is 0 Å². The molecule has 2 aliphatic rings. The molecule has 2 fully saturated rings. The lowest BCUT2D eigenvalue weighted by atomic mass is 9.71. The molecule has 0 aliphatic heterocycles. The van der Waals surface area contributed by atoms with Crippen molar-refractivity contribution in [3.8, 4) is 0 Å². The molecule has 0 spiro atoms. The molecule has 3 atom stereocenters. The number of alkyl halides is 3. The number of fused-ring (bicyclic) bond motifs is 2. The first kappa shape index (κ1) is 9.35. The Morgan fingerprint density at radius 2 is 1.85 bits per heavy atom. The minimum atomic E-state index is -4.00. The monoisotopic (exact) mass is 192 g/mol. The van der Waals surface area contributed by atoms with Gasteiger partial charge in [-0.05, 0) is 37.0 Å². The molecule has 13 heavy (non-hydrogen) atoms. The molecule has 0 saturated heterocycles. The predicted octanol–water partition coefficient (Wildman–Crippen LogP) is 3.77. The van der Waals surface area contributed by atoms with Crippen LogP contribution in [0.1, 0.15) is 39.5 Å². The third kappa shape index (κ3) is 1.12. The van der Waals surface area contributed by atoms with E-state index in [-0.39, 0.29) is 11.3 Å². The van der Waals surface area contributed by atoms with E-state index < -0.39 is 11.6 Å². The summed E-state index contributed by atoms with van der Waals surface area (Å²) in [6, 6.07) is 0. The second kappa shape index (κ2) is 2.23. The molecule has 0 radical (unpaired) electrons. The molecule has 2 aliphatic carbocycles. The summed E-state index contributed by atoms with van der Waals surface area (Å²) in [5.41, 5.74) is -1.41. The van der Waals surface area contributed by atoms with Crippen molar-refractivity contribution in [3.05, 3.63) is 0 Å². The van der Waals surface area contributed by atoms with E-state index in [0.29, 0.717) is 6.42 Å². The zero-order valence-electron chi connectivity index (χ0n) is 8.04. The van der Waals surface area contributed by atoms with Crippen LogP contribution in [-0.4, -0.2) is 6.18 Å². The van der Waals surface area contributed by atoms with E-state index in [1.807, 2.05) is 6.92 Å². The van der Waals surface area contributed by atoms with Gasteiger partial charge in [0.05, 0.1) is 5.41 Å². The highest BCUT2D eigenvalue weighted by atomic mass is 19.4. The van der Waals surface area contributed by atoms with Gasteiger partial charge in [0.2, 0.25) is 0 Å². The molecule has 0 amide bonds. The van der Waals surface area contributed by atoms with Crippen LogP contribution in [0.15, 0.2) is 0 Å². The van der Waals surface area contributed by atoms with Gasteiger partial charge in [-0.2, -0.15) is 13.2 Å². The van der Waals surface area contributed by atoms with E-state index in [4.69, 9.17) is 0 Å². The van der Waals surface area contributed by atoms with Crippen LogP contribution in [0.3, 0.4) is 0 Å². The molecule has 0 N–H and O–H groups in total. The van der Waals surface area contributed by atoms with Crippen LogP contribution in [0.25, 0.3) is 0 Å². The van der Waals surface area contributed by atoms with E-state index in [1.54, 1.807) is 0 Å². The van der Waals surface area contributed by atoms with Gasteiger partial charge in [-0.15, -0.1) is 0 Å². The summed E-state index contributed by atoms with van der Waals surface area (Å²) >= 11 is 0. The Balaban J connectivity index is 2.29. The second-order valence-corrected chi connectivity index (χ2v) is 5.34. The van der Waals surface area contributed by atoms with Crippen LogP contribution < -0.4 is 0 Å². The predicted molar refractivity (Wildman–Crippen MR) is 44.2 cm³/mol. The number of hydrogen-bond acceptors (Lipinski definition) is 0. The van der Waals surface area contributed by atoms with Gasteiger partial charge in [0, 0.05) is 0 Å². The van der Waals surface area contributed by atoms with Crippen LogP contribution in [0, 0.1) is 16.7 Å². The van der Waals surface area contributed by atoms with E-state index in [0.717, 1.165) is 19.3 Å². The summed E-state index contributed by atoms with van der Waals surface area (Å²) in [4.78, 5) is 0. The summed E-state index contributed by atoms with van der Waals surface area (Å²) in [7, 11) is 0.